The summed E-state index contributed by atoms with van der Waals surface area (Å²) in [6.07, 6.45) is 4.23. The summed E-state index contributed by atoms with van der Waals surface area (Å²) in [5.74, 6) is -0.565. The highest BCUT2D eigenvalue weighted by Gasteiger charge is 1.93. The molecule has 0 aromatic carbocycles. The standard InChI is InChI=1S/C9H15NO2/c1-7(2)4-3-5-8(11)6-9(10)12/h4,6,11H,3,5H2,1-2H3,(H2,10,12)/b8-6-. The molecule has 0 saturated heterocycles. The molecule has 0 aliphatic carbocycles. The first-order valence-electron chi connectivity index (χ1n) is 3.84. The van der Waals surface area contributed by atoms with Crippen LogP contribution in [0.2, 0.25) is 0 Å². The Balaban J connectivity index is 3.79. The average Bonchev–Trinajstić information content (AvgIpc) is 1.84. The van der Waals surface area contributed by atoms with Gasteiger partial charge in [0.05, 0.1) is 5.76 Å². The molecule has 0 heterocycles. The van der Waals surface area contributed by atoms with Crippen molar-refractivity contribution in [2.24, 2.45) is 5.73 Å². The molecule has 0 aromatic heterocycles. The van der Waals surface area contributed by atoms with Crippen molar-refractivity contribution in [1.29, 1.82) is 0 Å². The lowest BCUT2D eigenvalue weighted by Crippen LogP contribution is -2.07. The molecule has 0 radical (unpaired) electrons. The van der Waals surface area contributed by atoms with Crippen molar-refractivity contribution in [3.05, 3.63) is 23.5 Å². The van der Waals surface area contributed by atoms with Crippen LogP contribution < -0.4 is 5.73 Å². The van der Waals surface area contributed by atoms with E-state index in [0.717, 1.165) is 12.5 Å². The highest BCUT2D eigenvalue weighted by Crippen LogP contribution is 2.03. The second kappa shape index (κ2) is 5.41. The minimum absolute atomic E-state index is 0.0417. The third kappa shape index (κ3) is 6.86. The minimum Gasteiger partial charge on any atom is -0.512 e. The topological polar surface area (TPSA) is 63.3 Å². The molecule has 68 valence electrons. The van der Waals surface area contributed by atoms with Gasteiger partial charge in [0.1, 0.15) is 0 Å². The summed E-state index contributed by atoms with van der Waals surface area (Å²) in [6, 6.07) is 0. The number of allylic oxidation sites excluding steroid dienone is 3. The number of primary amides is 1. The van der Waals surface area contributed by atoms with E-state index in [1.807, 2.05) is 19.9 Å². The predicted octanol–water partition coefficient (Wildman–Crippen LogP) is 1.66. The van der Waals surface area contributed by atoms with Gasteiger partial charge >= 0.3 is 0 Å². The maximum atomic E-state index is 10.3. The first-order chi connectivity index (χ1) is 5.52. The fourth-order valence-electron chi connectivity index (χ4n) is 0.745. The zero-order chi connectivity index (χ0) is 9.56. The van der Waals surface area contributed by atoms with Gasteiger partial charge in [-0.1, -0.05) is 11.6 Å². The number of carbonyl (C=O) groups is 1. The number of nitrogens with two attached hydrogens (primary N) is 1. The minimum atomic E-state index is -0.607. The van der Waals surface area contributed by atoms with Gasteiger partial charge in [-0.2, -0.15) is 0 Å². The molecule has 0 aliphatic rings. The van der Waals surface area contributed by atoms with Crippen molar-refractivity contribution in [3.8, 4) is 0 Å². The predicted molar refractivity (Wildman–Crippen MR) is 48.6 cm³/mol. The molecule has 0 rings (SSSR count). The number of aliphatic hydroxyl groups excluding tert-OH is 1. The summed E-state index contributed by atoms with van der Waals surface area (Å²) in [7, 11) is 0. The Labute approximate surface area is 72.6 Å². The van der Waals surface area contributed by atoms with E-state index in [1.54, 1.807) is 0 Å². The van der Waals surface area contributed by atoms with Crippen LogP contribution in [-0.4, -0.2) is 11.0 Å². The Hall–Kier alpha value is -1.25. The zero-order valence-corrected chi connectivity index (χ0v) is 7.50. The molecular formula is C9H15NO2. The monoisotopic (exact) mass is 169 g/mol. The van der Waals surface area contributed by atoms with Crippen LogP contribution in [-0.2, 0) is 4.79 Å². The van der Waals surface area contributed by atoms with E-state index in [4.69, 9.17) is 10.8 Å². The molecule has 3 heteroatoms. The van der Waals surface area contributed by atoms with Gasteiger partial charge in [-0.05, 0) is 20.3 Å². The Morgan fingerprint density at radius 3 is 2.50 bits per heavy atom. The number of hydrogen-bond donors (Lipinski definition) is 2. The highest BCUT2D eigenvalue weighted by atomic mass is 16.3. The van der Waals surface area contributed by atoms with Crippen LogP contribution in [0, 0.1) is 0 Å². The van der Waals surface area contributed by atoms with Gasteiger partial charge < -0.3 is 10.8 Å². The summed E-state index contributed by atoms with van der Waals surface area (Å²) < 4.78 is 0. The van der Waals surface area contributed by atoms with E-state index in [2.05, 4.69) is 0 Å². The Bertz CT molecular complexity index is 213. The largest absolute Gasteiger partial charge is 0.512 e. The molecule has 0 saturated carbocycles. The van der Waals surface area contributed by atoms with Crippen LogP contribution in [0.3, 0.4) is 0 Å². The molecule has 0 fully saturated rings. The number of aliphatic hydroxyl groups is 1. The molecular weight excluding hydrogens is 154 g/mol. The normalized spacial score (nSPS) is 11.0. The van der Waals surface area contributed by atoms with Gasteiger partial charge in [-0.15, -0.1) is 0 Å². The first-order valence-corrected chi connectivity index (χ1v) is 3.84. The van der Waals surface area contributed by atoms with Gasteiger partial charge in [0, 0.05) is 12.5 Å². The van der Waals surface area contributed by atoms with Crippen molar-refractivity contribution < 1.29 is 9.90 Å². The quantitative estimate of drug-likeness (QED) is 0.382. The number of amides is 1. The summed E-state index contributed by atoms with van der Waals surface area (Å²) in [5, 5.41) is 9.06. The third-order valence-electron chi connectivity index (χ3n) is 1.26. The van der Waals surface area contributed by atoms with Crippen molar-refractivity contribution in [2.45, 2.75) is 26.7 Å². The van der Waals surface area contributed by atoms with E-state index >= 15 is 0 Å². The second-order valence-electron chi connectivity index (χ2n) is 2.86. The van der Waals surface area contributed by atoms with Crippen molar-refractivity contribution in [2.75, 3.05) is 0 Å². The van der Waals surface area contributed by atoms with Gasteiger partial charge in [-0.25, -0.2) is 0 Å². The van der Waals surface area contributed by atoms with E-state index in [1.165, 1.54) is 5.57 Å². The molecule has 12 heavy (non-hydrogen) atoms. The average molecular weight is 169 g/mol. The number of hydrogen-bond acceptors (Lipinski definition) is 2. The summed E-state index contributed by atoms with van der Waals surface area (Å²) in [4.78, 5) is 10.3. The van der Waals surface area contributed by atoms with E-state index in [9.17, 15) is 4.79 Å². The molecule has 3 nitrogen and oxygen atoms in total. The fourth-order valence-corrected chi connectivity index (χ4v) is 0.745. The lowest BCUT2D eigenvalue weighted by atomic mass is 10.2. The first kappa shape index (κ1) is 10.8. The van der Waals surface area contributed by atoms with E-state index in [-0.39, 0.29) is 5.76 Å². The number of rotatable bonds is 4. The molecule has 0 aliphatic heterocycles. The number of carbonyl (C=O) groups excluding carboxylic acids is 1. The molecule has 0 unspecified atom stereocenters. The summed E-state index contributed by atoms with van der Waals surface area (Å²) in [5.41, 5.74) is 6.03. The van der Waals surface area contributed by atoms with Crippen LogP contribution in [0.1, 0.15) is 26.7 Å². The van der Waals surface area contributed by atoms with Crippen molar-refractivity contribution in [1.82, 2.24) is 0 Å². The van der Waals surface area contributed by atoms with Crippen molar-refractivity contribution >= 4 is 5.91 Å². The van der Waals surface area contributed by atoms with Gasteiger partial charge in [-0.3, -0.25) is 4.79 Å². The lowest BCUT2D eigenvalue weighted by Gasteiger charge is -1.95. The van der Waals surface area contributed by atoms with Gasteiger partial charge in [0.15, 0.2) is 0 Å². The van der Waals surface area contributed by atoms with Crippen LogP contribution >= 0.6 is 0 Å². The third-order valence-corrected chi connectivity index (χ3v) is 1.26. The maximum Gasteiger partial charge on any atom is 0.244 e. The lowest BCUT2D eigenvalue weighted by molar-refractivity contribution is -0.113. The van der Waals surface area contributed by atoms with Crippen LogP contribution in [0.4, 0.5) is 0 Å². The molecule has 3 N–H and O–H groups in total. The van der Waals surface area contributed by atoms with Crippen molar-refractivity contribution in [3.63, 3.8) is 0 Å². The molecule has 1 amide bonds. The van der Waals surface area contributed by atoms with Crippen LogP contribution in [0.15, 0.2) is 23.5 Å². The van der Waals surface area contributed by atoms with E-state index in [0.29, 0.717) is 6.42 Å². The van der Waals surface area contributed by atoms with Crippen LogP contribution in [0.25, 0.3) is 0 Å². The molecule has 0 atom stereocenters. The summed E-state index contributed by atoms with van der Waals surface area (Å²) in [6.45, 7) is 3.96. The smallest absolute Gasteiger partial charge is 0.244 e. The Kier molecular flexibility index (Phi) is 4.84. The molecule has 0 aromatic rings. The summed E-state index contributed by atoms with van der Waals surface area (Å²) >= 11 is 0. The van der Waals surface area contributed by atoms with Crippen LogP contribution in [0.5, 0.6) is 0 Å². The molecule has 0 bridgehead atoms. The molecule has 0 spiro atoms. The zero-order valence-electron chi connectivity index (χ0n) is 7.50. The SMILES string of the molecule is CC(C)=CCC/C(O)=C/C(N)=O. The highest BCUT2D eigenvalue weighted by molar-refractivity contribution is 5.86. The van der Waals surface area contributed by atoms with Gasteiger partial charge in [0.2, 0.25) is 5.91 Å². The maximum absolute atomic E-state index is 10.3. The second-order valence-corrected chi connectivity index (χ2v) is 2.86. The van der Waals surface area contributed by atoms with E-state index < -0.39 is 5.91 Å². The Morgan fingerprint density at radius 2 is 2.08 bits per heavy atom. The Morgan fingerprint density at radius 1 is 1.50 bits per heavy atom. The fraction of sp³-hybridized carbons (Fsp3) is 0.444. The van der Waals surface area contributed by atoms with Gasteiger partial charge in [0.25, 0.3) is 0 Å².